The highest BCUT2D eigenvalue weighted by molar-refractivity contribution is 5.74. The Hall–Kier alpha value is -1.59. The fourth-order valence-electron chi connectivity index (χ4n) is 2.88. The SMILES string of the molecule is Cc1cccc([C@@H](CNC(=O)NC2CC2)N2CCOCC2)c1. The Morgan fingerprint density at radius 2 is 2.14 bits per heavy atom. The number of nitrogens with one attached hydrogen (secondary N) is 2. The zero-order valence-electron chi connectivity index (χ0n) is 13.2. The monoisotopic (exact) mass is 303 g/mol. The molecule has 1 aliphatic heterocycles. The van der Waals surface area contributed by atoms with Crippen LogP contribution < -0.4 is 10.6 Å². The van der Waals surface area contributed by atoms with Gasteiger partial charge in [0.15, 0.2) is 0 Å². The van der Waals surface area contributed by atoms with Crippen LogP contribution in [0.1, 0.15) is 30.0 Å². The molecule has 1 saturated carbocycles. The fourth-order valence-corrected chi connectivity index (χ4v) is 2.88. The van der Waals surface area contributed by atoms with Gasteiger partial charge in [-0.05, 0) is 25.3 Å². The van der Waals surface area contributed by atoms with Gasteiger partial charge in [-0.1, -0.05) is 29.8 Å². The van der Waals surface area contributed by atoms with E-state index in [-0.39, 0.29) is 12.1 Å². The van der Waals surface area contributed by atoms with Crippen LogP contribution in [0.3, 0.4) is 0 Å². The minimum absolute atomic E-state index is 0.0478. The van der Waals surface area contributed by atoms with Crippen molar-refractivity contribution in [2.24, 2.45) is 0 Å². The molecular formula is C17H25N3O2. The van der Waals surface area contributed by atoms with Crippen LogP contribution in [-0.2, 0) is 4.74 Å². The lowest BCUT2D eigenvalue weighted by Crippen LogP contribution is -2.46. The van der Waals surface area contributed by atoms with Crippen LogP contribution in [0.5, 0.6) is 0 Å². The van der Waals surface area contributed by atoms with Gasteiger partial charge in [0.25, 0.3) is 0 Å². The average molecular weight is 303 g/mol. The molecule has 0 aromatic heterocycles. The molecule has 2 fully saturated rings. The van der Waals surface area contributed by atoms with Gasteiger partial charge >= 0.3 is 6.03 Å². The van der Waals surface area contributed by atoms with Gasteiger partial charge in [0.2, 0.25) is 0 Å². The Kier molecular flexibility index (Phi) is 4.95. The molecule has 0 unspecified atom stereocenters. The van der Waals surface area contributed by atoms with Crippen molar-refractivity contribution < 1.29 is 9.53 Å². The lowest BCUT2D eigenvalue weighted by atomic mass is 10.0. The third kappa shape index (κ3) is 4.21. The Morgan fingerprint density at radius 1 is 1.36 bits per heavy atom. The maximum atomic E-state index is 11.9. The van der Waals surface area contributed by atoms with E-state index in [0.717, 1.165) is 39.1 Å². The van der Waals surface area contributed by atoms with Crippen molar-refractivity contribution in [1.29, 1.82) is 0 Å². The first-order valence-corrected chi connectivity index (χ1v) is 8.15. The van der Waals surface area contributed by atoms with E-state index in [2.05, 4.69) is 46.7 Å². The van der Waals surface area contributed by atoms with Crippen molar-refractivity contribution in [1.82, 2.24) is 15.5 Å². The van der Waals surface area contributed by atoms with E-state index in [1.807, 2.05) is 0 Å². The summed E-state index contributed by atoms with van der Waals surface area (Å²) < 4.78 is 5.45. The lowest BCUT2D eigenvalue weighted by Gasteiger charge is -2.35. The van der Waals surface area contributed by atoms with E-state index in [9.17, 15) is 4.79 Å². The van der Waals surface area contributed by atoms with Gasteiger partial charge in [0.1, 0.15) is 0 Å². The van der Waals surface area contributed by atoms with Crippen molar-refractivity contribution in [2.75, 3.05) is 32.8 Å². The Bertz CT molecular complexity index is 510. The number of ether oxygens (including phenoxy) is 1. The van der Waals surface area contributed by atoms with Crippen LogP contribution in [0.15, 0.2) is 24.3 Å². The number of rotatable bonds is 5. The minimum atomic E-state index is -0.0478. The Balaban J connectivity index is 1.66. The molecule has 1 heterocycles. The predicted octanol–water partition coefficient (Wildman–Crippen LogP) is 1.83. The first kappa shape index (κ1) is 15.3. The molecule has 5 nitrogen and oxygen atoms in total. The third-order valence-corrected chi connectivity index (χ3v) is 4.28. The molecule has 2 amide bonds. The Morgan fingerprint density at radius 3 is 2.82 bits per heavy atom. The van der Waals surface area contributed by atoms with E-state index in [4.69, 9.17) is 4.74 Å². The van der Waals surface area contributed by atoms with Crippen LogP contribution in [0, 0.1) is 6.92 Å². The second kappa shape index (κ2) is 7.11. The van der Waals surface area contributed by atoms with Crippen LogP contribution in [0.2, 0.25) is 0 Å². The second-order valence-corrected chi connectivity index (χ2v) is 6.21. The number of amides is 2. The maximum Gasteiger partial charge on any atom is 0.315 e. The molecule has 0 spiro atoms. The maximum absolute atomic E-state index is 11.9. The second-order valence-electron chi connectivity index (χ2n) is 6.21. The summed E-state index contributed by atoms with van der Waals surface area (Å²) in [6.07, 6.45) is 2.22. The van der Waals surface area contributed by atoms with E-state index in [1.54, 1.807) is 0 Å². The highest BCUT2D eigenvalue weighted by Crippen LogP contribution is 2.22. The summed E-state index contributed by atoms with van der Waals surface area (Å²) in [5.41, 5.74) is 2.51. The van der Waals surface area contributed by atoms with Gasteiger partial charge in [0, 0.05) is 25.7 Å². The van der Waals surface area contributed by atoms with Gasteiger partial charge in [0.05, 0.1) is 19.3 Å². The molecule has 2 aliphatic rings. The van der Waals surface area contributed by atoms with Crippen LogP contribution >= 0.6 is 0 Å². The highest BCUT2D eigenvalue weighted by Gasteiger charge is 2.26. The van der Waals surface area contributed by atoms with Crippen molar-refractivity contribution in [3.63, 3.8) is 0 Å². The van der Waals surface area contributed by atoms with E-state index >= 15 is 0 Å². The molecule has 2 N–H and O–H groups in total. The summed E-state index contributed by atoms with van der Waals surface area (Å²) in [5, 5.41) is 6.02. The fraction of sp³-hybridized carbons (Fsp3) is 0.588. The smallest absolute Gasteiger partial charge is 0.315 e. The first-order valence-electron chi connectivity index (χ1n) is 8.15. The molecular weight excluding hydrogens is 278 g/mol. The molecule has 0 radical (unpaired) electrons. The minimum Gasteiger partial charge on any atom is -0.379 e. The zero-order chi connectivity index (χ0) is 15.4. The van der Waals surface area contributed by atoms with Crippen LogP contribution in [0.25, 0.3) is 0 Å². The number of carbonyl (C=O) groups is 1. The third-order valence-electron chi connectivity index (χ3n) is 4.28. The van der Waals surface area contributed by atoms with Crippen LogP contribution in [0.4, 0.5) is 4.79 Å². The molecule has 1 aromatic rings. The number of nitrogens with zero attached hydrogens (tertiary/aromatic N) is 1. The molecule has 120 valence electrons. The van der Waals surface area contributed by atoms with Gasteiger partial charge in [-0.3, -0.25) is 4.90 Å². The zero-order valence-corrected chi connectivity index (χ0v) is 13.2. The number of carbonyl (C=O) groups excluding carboxylic acids is 1. The molecule has 1 aliphatic carbocycles. The molecule has 22 heavy (non-hydrogen) atoms. The number of urea groups is 1. The van der Waals surface area contributed by atoms with E-state index < -0.39 is 0 Å². The van der Waals surface area contributed by atoms with E-state index in [1.165, 1.54) is 11.1 Å². The molecule has 1 atom stereocenters. The van der Waals surface area contributed by atoms with Crippen molar-refractivity contribution >= 4 is 6.03 Å². The average Bonchev–Trinajstić information content (AvgIpc) is 3.32. The summed E-state index contributed by atoms with van der Waals surface area (Å²) >= 11 is 0. The highest BCUT2D eigenvalue weighted by atomic mass is 16.5. The molecule has 5 heteroatoms. The lowest BCUT2D eigenvalue weighted by molar-refractivity contribution is 0.0167. The normalized spacial score (nSPS) is 20.4. The summed E-state index contributed by atoms with van der Waals surface area (Å²) in [5.74, 6) is 0. The largest absolute Gasteiger partial charge is 0.379 e. The summed E-state index contributed by atoms with van der Waals surface area (Å²) in [6.45, 7) is 6.07. The predicted molar refractivity (Wildman–Crippen MR) is 85.9 cm³/mol. The van der Waals surface area contributed by atoms with Crippen LogP contribution in [-0.4, -0.2) is 49.8 Å². The topological polar surface area (TPSA) is 53.6 Å². The van der Waals surface area contributed by atoms with Crippen molar-refractivity contribution in [2.45, 2.75) is 31.8 Å². The van der Waals surface area contributed by atoms with Crippen molar-refractivity contribution in [3.05, 3.63) is 35.4 Å². The summed E-state index contributed by atoms with van der Waals surface area (Å²) in [7, 11) is 0. The first-order chi connectivity index (χ1) is 10.7. The standard InChI is InChI=1S/C17H25N3O2/c1-13-3-2-4-14(11-13)16(20-7-9-22-10-8-20)12-18-17(21)19-15-5-6-15/h2-4,11,15-16H,5-10,12H2,1H3,(H2,18,19,21)/t16-/m1/s1. The van der Waals surface area contributed by atoms with Gasteiger partial charge < -0.3 is 15.4 Å². The summed E-state index contributed by atoms with van der Waals surface area (Å²) in [6, 6.07) is 9.09. The van der Waals surface area contributed by atoms with E-state index in [0.29, 0.717) is 12.6 Å². The number of benzene rings is 1. The van der Waals surface area contributed by atoms with Gasteiger partial charge in [-0.2, -0.15) is 0 Å². The molecule has 1 aromatic carbocycles. The molecule has 3 rings (SSSR count). The number of morpholine rings is 1. The number of aryl methyl sites for hydroxylation is 1. The van der Waals surface area contributed by atoms with Crippen molar-refractivity contribution in [3.8, 4) is 0 Å². The number of hydrogen-bond donors (Lipinski definition) is 2. The number of hydrogen-bond acceptors (Lipinski definition) is 3. The quantitative estimate of drug-likeness (QED) is 0.872. The van der Waals surface area contributed by atoms with Gasteiger partial charge in [-0.25, -0.2) is 4.79 Å². The molecule has 1 saturated heterocycles. The van der Waals surface area contributed by atoms with Gasteiger partial charge in [-0.15, -0.1) is 0 Å². The molecule has 0 bridgehead atoms. The summed E-state index contributed by atoms with van der Waals surface area (Å²) in [4.78, 5) is 14.3. The Labute approximate surface area is 132 Å².